The molecule has 0 aliphatic carbocycles. The van der Waals surface area contributed by atoms with E-state index >= 15 is 0 Å². The van der Waals surface area contributed by atoms with Gasteiger partial charge in [-0.3, -0.25) is 4.79 Å². The van der Waals surface area contributed by atoms with E-state index in [2.05, 4.69) is 10.5 Å². The van der Waals surface area contributed by atoms with Crippen LogP contribution in [0.4, 0.5) is 5.69 Å². The molecule has 0 aliphatic heterocycles. The van der Waals surface area contributed by atoms with E-state index in [9.17, 15) is 4.79 Å². The number of carbonyl (C=O) groups is 1. The predicted molar refractivity (Wildman–Crippen MR) is 80.8 cm³/mol. The summed E-state index contributed by atoms with van der Waals surface area (Å²) in [5.74, 6) is -0.110. The van der Waals surface area contributed by atoms with E-state index in [4.69, 9.17) is 22.5 Å². The van der Waals surface area contributed by atoms with Gasteiger partial charge in [0.2, 0.25) is 0 Å². The number of amides is 1. The van der Waals surface area contributed by atoms with Crippen molar-refractivity contribution in [1.82, 2.24) is 0 Å². The van der Waals surface area contributed by atoms with Crippen LogP contribution < -0.4 is 11.1 Å². The third kappa shape index (κ3) is 3.49. The van der Waals surface area contributed by atoms with Crippen molar-refractivity contribution in [3.8, 4) is 0 Å². The number of nitrogens with two attached hydrogens (primary N) is 1. The summed E-state index contributed by atoms with van der Waals surface area (Å²) in [5, 5.41) is 16.4. The summed E-state index contributed by atoms with van der Waals surface area (Å²) >= 11 is 7.19. The van der Waals surface area contributed by atoms with Crippen molar-refractivity contribution in [1.29, 1.82) is 0 Å². The molecular weight excluding hydrogens is 298 g/mol. The summed E-state index contributed by atoms with van der Waals surface area (Å²) in [7, 11) is 0. The second-order valence-electron chi connectivity index (χ2n) is 4.02. The third-order valence-corrected chi connectivity index (χ3v) is 3.89. The van der Waals surface area contributed by atoms with Crippen LogP contribution in [0.1, 0.15) is 15.2 Å². The quantitative estimate of drug-likeness (QED) is 0.351. The number of nitrogens with one attached hydrogen (secondary N) is 1. The molecule has 4 N–H and O–H groups in total. The highest BCUT2D eigenvalue weighted by molar-refractivity contribution is 7.12. The molecule has 0 aliphatic rings. The van der Waals surface area contributed by atoms with Crippen molar-refractivity contribution in [2.75, 3.05) is 5.32 Å². The SMILES string of the molecule is N/C(Cc1ccc(NC(=O)c2sccc2Cl)cc1)=N/O. The first-order valence-corrected chi connectivity index (χ1v) is 6.95. The van der Waals surface area contributed by atoms with E-state index in [1.54, 1.807) is 35.7 Å². The fourth-order valence-corrected chi connectivity index (χ4v) is 2.63. The van der Waals surface area contributed by atoms with Gasteiger partial charge in [-0.1, -0.05) is 28.9 Å². The molecule has 7 heteroatoms. The zero-order chi connectivity index (χ0) is 14.5. The first kappa shape index (κ1) is 14.4. The molecule has 20 heavy (non-hydrogen) atoms. The number of oxime groups is 1. The molecule has 1 heterocycles. The number of hydrogen-bond donors (Lipinski definition) is 3. The Morgan fingerprint density at radius 3 is 2.60 bits per heavy atom. The molecule has 0 saturated heterocycles. The lowest BCUT2D eigenvalue weighted by Crippen LogP contribution is -2.14. The molecule has 0 atom stereocenters. The van der Waals surface area contributed by atoms with Gasteiger partial charge in [0.1, 0.15) is 10.7 Å². The van der Waals surface area contributed by atoms with Crippen molar-refractivity contribution in [3.05, 3.63) is 51.2 Å². The number of nitrogens with zero attached hydrogens (tertiary/aromatic N) is 1. The topological polar surface area (TPSA) is 87.7 Å². The monoisotopic (exact) mass is 309 g/mol. The molecule has 0 saturated carbocycles. The van der Waals surface area contributed by atoms with Crippen LogP contribution in [0.25, 0.3) is 0 Å². The maximum atomic E-state index is 11.9. The molecule has 0 radical (unpaired) electrons. The Bertz CT molecular complexity index is 637. The van der Waals surface area contributed by atoms with Crippen molar-refractivity contribution < 1.29 is 10.0 Å². The van der Waals surface area contributed by atoms with Crippen LogP contribution in [0.3, 0.4) is 0 Å². The van der Waals surface area contributed by atoms with E-state index in [-0.39, 0.29) is 11.7 Å². The number of benzene rings is 1. The first-order chi connectivity index (χ1) is 9.60. The molecule has 0 bridgehead atoms. The van der Waals surface area contributed by atoms with Gasteiger partial charge in [-0.05, 0) is 29.1 Å². The summed E-state index contributed by atoms with van der Waals surface area (Å²) in [6.07, 6.45) is 0.349. The standard InChI is InChI=1S/C13H12ClN3O2S/c14-10-5-6-20-12(10)13(18)16-9-3-1-8(2-4-9)7-11(15)17-19/h1-6,19H,7H2,(H2,15,17)(H,16,18). The highest BCUT2D eigenvalue weighted by Gasteiger charge is 2.11. The molecule has 1 aromatic carbocycles. The number of anilines is 1. The molecule has 1 aromatic heterocycles. The minimum absolute atomic E-state index is 0.132. The van der Waals surface area contributed by atoms with Crippen LogP contribution in [-0.4, -0.2) is 17.0 Å². The van der Waals surface area contributed by atoms with Gasteiger partial charge in [0.25, 0.3) is 5.91 Å². The largest absolute Gasteiger partial charge is 0.409 e. The summed E-state index contributed by atoms with van der Waals surface area (Å²) in [4.78, 5) is 12.4. The van der Waals surface area contributed by atoms with Crippen molar-refractivity contribution in [3.63, 3.8) is 0 Å². The molecule has 5 nitrogen and oxygen atoms in total. The summed E-state index contributed by atoms with van der Waals surface area (Å²) in [6.45, 7) is 0. The van der Waals surface area contributed by atoms with Crippen molar-refractivity contribution in [2.24, 2.45) is 10.9 Å². The third-order valence-electron chi connectivity index (χ3n) is 2.55. The molecule has 2 rings (SSSR count). The highest BCUT2D eigenvalue weighted by Crippen LogP contribution is 2.23. The van der Waals surface area contributed by atoms with E-state index in [1.165, 1.54) is 11.3 Å². The summed E-state index contributed by atoms with van der Waals surface area (Å²) in [5.41, 5.74) is 6.96. The van der Waals surface area contributed by atoms with Gasteiger partial charge in [0.15, 0.2) is 0 Å². The maximum absolute atomic E-state index is 11.9. The lowest BCUT2D eigenvalue weighted by molar-refractivity contribution is 0.103. The number of halogens is 1. The van der Waals surface area contributed by atoms with Gasteiger partial charge < -0.3 is 16.3 Å². The lowest BCUT2D eigenvalue weighted by atomic mass is 10.1. The highest BCUT2D eigenvalue weighted by atomic mass is 35.5. The first-order valence-electron chi connectivity index (χ1n) is 5.70. The van der Waals surface area contributed by atoms with Gasteiger partial charge >= 0.3 is 0 Å². The van der Waals surface area contributed by atoms with E-state index < -0.39 is 0 Å². The van der Waals surface area contributed by atoms with Crippen LogP contribution >= 0.6 is 22.9 Å². The Morgan fingerprint density at radius 1 is 1.35 bits per heavy atom. The Balaban J connectivity index is 2.04. The number of amidine groups is 1. The number of rotatable bonds is 4. The molecule has 0 unspecified atom stereocenters. The number of carbonyl (C=O) groups excluding carboxylic acids is 1. The van der Waals surface area contributed by atoms with Crippen LogP contribution in [0.15, 0.2) is 40.9 Å². The summed E-state index contributed by atoms with van der Waals surface area (Å²) < 4.78 is 0. The zero-order valence-corrected chi connectivity index (χ0v) is 11.9. The lowest BCUT2D eigenvalue weighted by Gasteiger charge is -2.05. The Morgan fingerprint density at radius 2 is 2.05 bits per heavy atom. The molecular formula is C13H12ClN3O2S. The summed E-state index contributed by atoms with van der Waals surface area (Å²) in [6, 6.07) is 8.77. The average molecular weight is 310 g/mol. The number of hydrogen-bond acceptors (Lipinski definition) is 4. The minimum Gasteiger partial charge on any atom is -0.409 e. The number of thiophene rings is 1. The van der Waals surface area contributed by atoms with Crippen molar-refractivity contribution in [2.45, 2.75) is 6.42 Å². The molecule has 0 spiro atoms. The maximum Gasteiger partial charge on any atom is 0.267 e. The zero-order valence-electron chi connectivity index (χ0n) is 10.3. The normalized spacial score (nSPS) is 11.3. The van der Waals surface area contributed by atoms with Gasteiger partial charge in [-0.2, -0.15) is 0 Å². The Labute approximate surface area is 124 Å². The predicted octanol–water partition coefficient (Wildman–Crippen LogP) is 2.94. The second kappa shape index (κ2) is 6.40. The van der Waals surface area contributed by atoms with Gasteiger partial charge in [-0.15, -0.1) is 11.3 Å². The van der Waals surface area contributed by atoms with E-state index in [0.717, 1.165) is 5.56 Å². The fourth-order valence-electron chi connectivity index (χ4n) is 1.59. The second-order valence-corrected chi connectivity index (χ2v) is 5.34. The van der Waals surface area contributed by atoms with Crippen LogP contribution in [0.2, 0.25) is 5.02 Å². The smallest absolute Gasteiger partial charge is 0.267 e. The van der Waals surface area contributed by atoms with Crippen molar-refractivity contribution >= 4 is 40.4 Å². The fraction of sp³-hybridized carbons (Fsp3) is 0.0769. The van der Waals surface area contributed by atoms with Crippen LogP contribution in [-0.2, 0) is 6.42 Å². The minimum atomic E-state index is -0.241. The average Bonchev–Trinajstić information content (AvgIpc) is 2.87. The van der Waals surface area contributed by atoms with Gasteiger partial charge in [0, 0.05) is 12.1 Å². The Hall–Kier alpha value is -2.05. The van der Waals surface area contributed by atoms with Crippen LogP contribution in [0, 0.1) is 0 Å². The van der Waals surface area contributed by atoms with Gasteiger partial charge in [0.05, 0.1) is 5.02 Å². The van der Waals surface area contributed by atoms with Crippen LogP contribution in [0.5, 0.6) is 0 Å². The molecule has 104 valence electrons. The van der Waals surface area contributed by atoms with E-state index in [1.807, 2.05) is 0 Å². The Kier molecular flexibility index (Phi) is 4.60. The van der Waals surface area contributed by atoms with Gasteiger partial charge in [-0.25, -0.2) is 0 Å². The molecule has 2 aromatic rings. The molecule has 0 fully saturated rings. The molecule has 1 amide bonds. The van der Waals surface area contributed by atoms with E-state index in [0.29, 0.717) is 22.0 Å².